The normalized spacial score (nSPS) is 12.3. The first kappa shape index (κ1) is 9.80. The highest BCUT2D eigenvalue weighted by Gasteiger charge is 2.08. The maximum Gasteiger partial charge on any atom is 0.0846 e. The molecule has 3 nitrogen and oxygen atoms in total. The smallest absolute Gasteiger partial charge is 0.0846 e. The van der Waals surface area contributed by atoms with E-state index in [1.165, 1.54) is 0 Å². The molecule has 76 valence electrons. The van der Waals surface area contributed by atoms with Gasteiger partial charge >= 0.3 is 0 Å². The van der Waals surface area contributed by atoms with Crippen molar-refractivity contribution in [3.63, 3.8) is 0 Å². The van der Waals surface area contributed by atoms with E-state index in [2.05, 4.69) is 10.2 Å². The number of hydrogen-bond acceptors (Lipinski definition) is 3. The number of hydrogen-bond donors (Lipinski definition) is 1. The molecule has 0 saturated carbocycles. The van der Waals surface area contributed by atoms with Crippen LogP contribution < -0.4 is 0 Å². The van der Waals surface area contributed by atoms with Crippen molar-refractivity contribution in [2.24, 2.45) is 0 Å². The summed E-state index contributed by atoms with van der Waals surface area (Å²) < 4.78 is 0. The van der Waals surface area contributed by atoms with Crippen molar-refractivity contribution in [2.45, 2.75) is 12.5 Å². The second-order valence-electron chi connectivity index (χ2n) is 3.35. The molecule has 1 unspecified atom stereocenters. The first-order chi connectivity index (χ1) is 7.36. The van der Waals surface area contributed by atoms with E-state index in [0.29, 0.717) is 6.42 Å². The minimum atomic E-state index is -0.511. The zero-order valence-electron chi connectivity index (χ0n) is 8.24. The largest absolute Gasteiger partial charge is 0.388 e. The van der Waals surface area contributed by atoms with Gasteiger partial charge in [-0.1, -0.05) is 30.3 Å². The molecule has 1 N–H and O–H groups in total. The number of aromatic nitrogens is 2. The molecule has 0 aliphatic carbocycles. The van der Waals surface area contributed by atoms with Gasteiger partial charge in [-0.3, -0.25) is 0 Å². The van der Waals surface area contributed by atoms with E-state index < -0.39 is 6.10 Å². The Hall–Kier alpha value is -1.74. The maximum atomic E-state index is 9.91. The maximum absolute atomic E-state index is 9.91. The lowest BCUT2D eigenvalue weighted by Gasteiger charge is -2.09. The lowest BCUT2D eigenvalue weighted by atomic mass is 10.1. The standard InChI is InChI=1S/C12H12N2O/c15-12(10-5-2-1-3-6-10)9-11-7-4-8-13-14-11/h1-8,12,15H,9H2. The predicted molar refractivity (Wildman–Crippen MR) is 57.1 cm³/mol. The van der Waals surface area contributed by atoms with Crippen LogP contribution in [0, 0.1) is 0 Å². The van der Waals surface area contributed by atoms with Crippen LogP contribution in [-0.2, 0) is 6.42 Å². The molecule has 0 fully saturated rings. The minimum absolute atomic E-state index is 0.498. The summed E-state index contributed by atoms with van der Waals surface area (Å²) in [5.41, 5.74) is 1.71. The number of rotatable bonds is 3. The van der Waals surface area contributed by atoms with Crippen molar-refractivity contribution in [3.05, 3.63) is 59.9 Å². The van der Waals surface area contributed by atoms with Crippen LogP contribution in [0.4, 0.5) is 0 Å². The zero-order valence-corrected chi connectivity index (χ0v) is 8.24. The van der Waals surface area contributed by atoms with Crippen molar-refractivity contribution in [3.8, 4) is 0 Å². The highest BCUT2D eigenvalue weighted by atomic mass is 16.3. The van der Waals surface area contributed by atoms with Crippen molar-refractivity contribution in [1.29, 1.82) is 0 Å². The Kier molecular flexibility index (Phi) is 3.05. The van der Waals surface area contributed by atoms with Gasteiger partial charge in [-0.05, 0) is 17.7 Å². The Morgan fingerprint density at radius 1 is 1.07 bits per heavy atom. The van der Waals surface area contributed by atoms with E-state index in [4.69, 9.17) is 0 Å². The van der Waals surface area contributed by atoms with Gasteiger partial charge in [0.25, 0.3) is 0 Å². The molecular weight excluding hydrogens is 188 g/mol. The predicted octanol–water partition coefficient (Wildman–Crippen LogP) is 1.75. The van der Waals surface area contributed by atoms with Gasteiger partial charge in [-0.25, -0.2) is 0 Å². The van der Waals surface area contributed by atoms with Gasteiger partial charge in [0.05, 0.1) is 11.8 Å². The Balaban J connectivity index is 2.08. The van der Waals surface area contributed by atoms with Gasteiger partial charge in [-0.15, -0.1) is 0 Å². The second-order valence-corrected chi connectivity index (χ2v) is 3.35. The van der Waals surface area contributed by atoms with Crippen molar-refractivity contribution in [2.75, 3.05) is 0 Å². The molecule has 1 aromatic carbocycles. The van der Waals surface area contributed by atoms with E-state index in [1.807, 2.05) is 42.5 Å². The van der Waals surface area contributed by atoms with Crippen LogP contribution in [0.5, 0.6) is 0 Å². The Labute approximate surface area is 88.4 Å². The average Bonchev–Trinajstić information content (AvgIpc) is 2.31. The Morgan fingerprint density at radius 3 is 2.53 bits per heavy atom. The van der Waals surface area contributed by atoms with Crippen molar-refractivity contribution in [1.82, 2.24) is 10.2 Å². The molecule has 15 heavy (non-hydrogen) atoms. The topological polar surface area (TPSA) is 46.0 Å². The molecule has 2 aromatic rings. The van der Waals surface area contributed by atoms with Crippen molar-refractivity contribution >= 4 is 0 Å². The second kappa shape index (κ2) is 4.66. The Bertz CT molecular complexity index is 402. The average molecular weight is 200 g/mol. The fraction of sp³-hybridized carbons (Fsp3) is 0.167. The van der Waals surface area contributed by atoms with Crippen molar-refractivity contribution < 1.29 is 5.11 Å². The molecule has 0 saturated heterocycles. The van der Waals surface area contributed by atoms with Crippen LogP contribution in [-0.4, -0.2) is 15.3 Å². The first-order valence-electron chi connectivity index (χ1n) is 4.86. The van der Waals surface area contributed by atoms with Gasteiger partial charge in [-0.2, -0.15) is 10.2 Å². The first-order valence-corrected chi connectivity index (χ1v) is 4.86. The van der Waals surface area contributed by atoms with Crippen LogP contribution in [0.3, 0.4) is 0 Å². The number of benzene rings is 1. The summed E-state index contributed by atoms with van der Waals surface area (Å²) in [6.45, 7) is 0. The van der Waals surface area contributed by atoms with E-state index >= 15 is 0 Å². The van der Waals surface area contributed by atoms with Gasteiger partial charge < -0.3 is 5.11 Å². The third kappa shape index (κ3) is 2.60. The van der Waals surface area contributed by atoms with Crippen LogP contribution in [0.25, 0.3) is 0 Å². The third-order valence-electron chi connectivity index (χ3n) is 2.21. The van der Waals surface area contributed by atoms with Gasteiger partial charge in [0.1, 0.15) is 0 Å². The quantitative estimate of drug-likeness (QED) is 0.821. The molecule has 0 aliphatic heterocycles. The fourth-order valence-corrected chi connectivity index (χ4v) is 1.43. The summed E-state index contributed by atoms with van der Waals surface area (Å²) in [4.78, 5) is 0. The SMILES string of the molecule is OC(Cc1cccnn1)c1ccccc1. The summed E-state index contributed by atoms with van der Waals surface area (Å²) >= 11 is 0. The number of nitrogens with zero attached hydrogens (tertiary/aromatic N) is 2. The summed E-state index contributed by atoms with van der Waals surface area (Å²) in [5.74, 6) is 0. The lowest BCUT2D eigenvalue weighted by molar-refractivity contribution is 0.177. The minimum Gasteiger partial charge on any atom is -0.388 e. The number of aliphatic hydroxyl groups excluding tert-OH is 1. The zero-order chi connectivity index (χ0) is 10.5. The molecule has 0 spiro atoms. The summed E-state index contributed by atoms with van der Waals surface area (Å²) in [7, 11) is 0. The molecule has 3 heteroatoms. The van der Waals surface area contributed by atoms with Crippen LogP contribution in [0.1, 0.15) is 17.4 Å². The highest BCUT2D eigenvalue weighted by molar-refractivity contribution is 5.19. The lowest BCUT2D eigenvalue weighted by Crippen LogP contribution is -2.03. The van der Waals surface area contributed by atoms with Crippen LogP contribution in [0.2, 0.25) is 0 Å². The van der Waals surface area contributed by atoms with E-state index in [-0.39, 0.29) is 0 Å². The molecule has 2 rings (SSSR count). The molecule has 0 bridgehead atoms. The highest BCUT2D eigenvalue weighted by Crippen LogP contribution is 2.15. The summed E-state index contributed by atoms with van der Waals surface area (Å²) in [5, 5.41) is 17.6. The molecule has 1 aromatic heterocycles. The third-order valence-corrected chi connectivity index (χ3v) is 2.21. The van der Waals surface area contributed by atoms with E-state index in [9.17, 15) is 5.11 Å². The molecule has 1 atom stereocenters. The molecule has 1 heterocycles. The van der Waals surface area contributed by atoms with E-state index in [1.54, 1.807) is 6.20 Å². The van der Waals surface area contributed by atoms with Gasteiger partial charge in [0, 0.05) is 12.6 Å². The van der Waals surface area contributed by atoms with Crippen LogP contribution >= 0.6 is 0 Å². The van der Waals surface area contributed by atoms with Gasteiger partial charge in [0.15, 0.2) is 0 Å². The van der Waals surface area contributed by atoms with Gasteiger partial charge in [0.2, 0.25) is 0 Å². The molecule has 0 aliphatic rings. The molecular formula is C12H12N2O. The van der Waals surface area contributed by atoms with Crippen LogP contribution in [0.15, 0.2) is 48.7 Å². The summed E-state index contributed by atoms with van der Waals surface area (Å²) in [6.07, 6.45) is 1.61. The summed E-state index contributed by atoms with van der Waals surface area (Å²) in [6, 6.07) is 13.2. The molecule has 0 amide bonds. The molecule has 0 radical (unpaired) electrons. The number of aliphatic hydroxyl groups is 1. The van der Waals surface area contributed by atoms with E-state index in [0.717, 1.165) is 11.3 Å². The Morgan fingerprint density at radius 2 is 1.87 bits per heavy atom. The fourth-order valence-electron chi connectivity index (χ4n) is 1.43. The monoisotopic (exact) mass is 200 g/mol.